The van der Waals surface area contributed by atoms with Crippen LogP contribution >= 0.6 is 0 Å². The van der Waals surface area contributed by atoms with Crippen molar-refractivity contribution in [1.29, 1.82) is 0 Å². The molecule has 0 aromatic heterocycles. The zero-order valence-corrected chi connectivity index (χ0v) is 8.66. The number of ether oxygens (including phenoxy) is 2. The Labute approximate surface area is 84.4 Å². The molecule has 0 aromatic carbocycles. The molecule has 1 atom stereocenters. The molecule has 0 saturated carbocycles. The summed E-state index contributed by atoms with van der Waals surface area (Å²) in [7, 11) is 0. The Morgan fingerprint density at radius 3 is 3.00 bits per heavy atom. The highest BCUT2D eigenvalue weighted by Gasteiger charge is 2.12. The third-order valence-electron chi connectivity index (χ3n) is 1.84. The highest BCUT2D eigenvalue weighted by molar-refractivity contribution is 5.82. The molecule has 1 heterocycles. The Morgan fingerprint density at radius 2 is 2.43 bits per heavy atom. The van der Waals surface area contributed by atoms with Crippen LogP contribution in [0, 0.1) is 0 Å². The van der Waals surface area contributed by atoms with Gasteiger partial charge < -0.3 is 9.47 Å². The van der Waals surface area contributed by atoms with Crippen LogP contribution in [0.4, 0.5) is 0 Å². The minimum atomic E-state index is -0.289. The SMILES string of the molecule is CC(C)=CC(=O)OCC1CCC=CO1. The molecule has 1 aliphatic heterocycles. The van der Waals surface area contributed by atoms with Crippen molar-refractivity contribution in [3.05, 3.63) is 24.0 Å². The van der Waals surface area contributed by atoms with Crippen LogP contribution in [-0.4, -0.2) is 18.7 Å². The van der Waals surface area contributed by atoms with Crippen molar-refractivity contribution in [2.75, 3.05) is 6.61 Å². The molecule has 3 nitrogen and oxygen atoms in total. The lowest BCUT2D eigenvalue weighted by molar-refractivity contribution is -0.141. The molecule has 0 aliphatic carbocycles. The normalized spacial score (nSPS) is 19.7. The summed E-state index contributed by atoms with van der Waals surface area (Å²) >= 11 is 0. The monoisotopic (exact) mass is 196 g/mol. The lowest BCUT2D eigenvalue weighted by Crippen LogP contribution is -2.21. The second-order valence-corrected chi connectivity index (χ2v) is 3.56. The zero-order chi connectivity index (χ0) is 10.4. The van der Waals surface area contributed by atoms with Gasteiger partial charge in [0.2, 0.25) is 0 Å². The number of carbonyl (C=O) groups is 1. The maximum Gasteiger partial charge on any atom is 0.330 e. The maximum absolute atomic E-state index is 11.1. The number of carbonyl (C=O) groups excluding carboxylic acids is 1. The van der Waals surface area contributed by atoms with Gasteiger partial charge >= 0.3 is 5.97 Å². The summed E-state index contributed by atoms with van der Waals surface area (Å²) in [5.74, 6) is -0.289. The smallest absolute Gasteiger partial charge is 0.330 e. The fourth-order valence-electron chi connectivity index (χ4n) is 1.16. The van der Waals surface area contributed by atoms with Crippen molar-refractivity contribution < 1.29 is 14.3 Å². The summed E-state index contributed by atoms with van der Waals surface area (Å²) in [5, 5.41) is 0. The molecule has 78 valence electrons. The van der Waals surface area contributed by atoms with Crippen LogP contribution in [-0.2, 0) is 14.3 Å². The van der Waals surface area contributed by atoms with Crippen LogP contribution in [0.25, 0.3) is 0 Å². The predicted octanol–water partition coefficient (Wildman–Crippen LogP) is 2.19. The van der Waals surface area contributed by atoms with E-state index in [2.05, 4.69) is 0 Å². The van der Waals surface area contributed by atoms with Gasteiger partial charge in [0.05, 0.1) is 6.26 Å². The summed E-state index contributed by atoms with van der Waals surface area (Å²) in [6, 6.07) is 0. The molecule has 1 aliphatic rings. The number of allylic oxidation sites excluding steroid dienone is 2. The first kappa shape index (κ1) is 10.8. The topological polar surface area (TPSA) is 35.5 Å². The van der Waals surface area contributed by atoms with E-state index in [1.807, 2.05) is 19.9 Å². The molecule has 0 fully saturated rings. The quantitative estimate of drug-likeness (QED) is 0.512. The van der Waals surface area contributed by atoms with Crippen molar-refractivity contribution in [2.24, 2.45) is 0 Å². The van der Waals surface area contributed by atoms with Gasteiger partial charge in [-0.2, -0.15) is 0 Å². The zero-order valence-electron chi connectivity index (χ0n) is 8.66. The number of hydrogen-bond donors (Lipinski definition) is 0. The summed E-state index contributed by atoms with van der Waals surface area (Å²) < 4.78 is 10.3. The lowest BCUT2D eigenvalue weighted by atomic mass is 10.2. The van der Waals surface area contributed by atoms with E-state index in [1.54, 1.807) is 6.26 Å². The standard InChI is InChI=1S/C11H16O3/c1-9(2)7-11(12)14-8-10-5-3-4-6-13-10/h4,6-7,10H,3,5,8H2,1-2H3. The van der Waals surface area contributed by atoms with Crippen molar-refractivity contribution in [1.82, 2.24) is 0 Å². The summed E-state index contributed by atoms with van der Waals surface area (Å²) in [6.45, 7) is 4.06. The highest BCUT2D eigenvalue weighted by Crippen LogP contribution is 2.10. The molecule has 0 radical (unpaired) electrons. The molecule has 0 amide bonds. The van der Waals surface area contributed by atoms with Gasteiger partial charge in [-0.25, -0.2) is 4.79 Å². The summed E-state index contributed by atoms with van der Waals surface area (Å²) in [5.41, 5.74) is 0.944. The Balaban J connectivity index is 2.23. The van der Waals surface area contributed by atoms with Crippen molar-refractivity contribution in [3.8, 4) is 0 Å². The number of esters is 1. The van der Waals surface area contributed by atoms with Gasteiger partial charge in [-0.3, -0.25) is 0 Å². The minimum Gasteiger partial charge on any atom is -0.495 e. The number of hydrogen-bond acceptors (Lipinski definition) is 3. The Bertz CT molecular complexity index is 249. The van der Waals surface area contributed by atoms with E-state index < -0.39 is 0 Å². The maximum atomic E-state index is 11.1. The molecule has 14 heavy (non-hydrogen) atoms. The van der Waals surface area contributed by atoms with Crippen molar-refractivity contribution in [3.63, 3.8) is 0 Å². The Kier molecular flexibility index (Phi) is 4.23. The molecule has 0 aromatic rings. The molecule has 0 bridgehead atoms. The van der Waals surface area contributed by atoms with Gasteiger partial charge in [0.15, 0.2) is 0 Å². The van der Waals surface area contributed by atoms with E-state index in [9.17, 15) is 4.79 Å². The molecule has 1 rings (SSSR count). The van der Waals surface area contributed by atoms with E-state index in [0.29, 0.717) is 6.61 Å². The lowest BCUT2D eigenvalue weighted by Gasteiger charge is -2.18. The minimum absolute atomic E-state index is 0.0227. The molecule has 0 N–H and O–H groups in total. The van der Waals surface area contributed by atoms with Crippen molar-refractivity contribution in [2.45, 2.75) is 32.8 Å². The largest absolute Gasteiger partial charge is 0.495 e. The van der Waals surface area contributed by atoms with Gasteiger partial charge in [0.25, 0.3) is 0 Å². The van der Waals surface area contributed by atoms with E-state index in [-0.39, 0.29) is 12.1 Å². The molecular formula is C11H16O3. The first-order valence-electron chi connectivity index (χ1n) is 4.80. The second-order valence-electron chi connectivity index (χ2n) is 3.56. The molecule has 0 spiro atoms. The summed E-state index contributed by atoms with van der Waals surface area (Å²) in [4.78, 5) is 11.1. The van der Waals surface area contributed by atoms with Gasteiger partial charge in [-0.15, -0.1) is 0 Å². The van der Waals surface area contributed by atoms with Crippen LogP contribution in [0.1, 0.15) is 26.7 Å². The van der Waals surface area contributed by atoms with Gasteiger partial charge in [0, 0.05) is 6.08 Å². The highest BCUT2D eigenvalue weighted by atomic mass is 16.6. The van der Waals surface area contributed by atoms with Gasteiger partial charge in [-0.05, 0) is 32.8 Å². The van der Waals surface area contributed by atoms with Crippen molar-refractivity contribution >= 4 is 5.97 Å². The van der Waals surface area contributed by atoms with E-state index in [0.717, 1.165) is 18.4 Å². The molecule has 0 saturated heterocycles. The summed E-state index contributed by atoms with van der Waals surface area (Å²) in [6.07, 6.45) is 7.05. The first-order chi connectivity index (χ1) is 6.68. The first-order valence-corrected chi connectivity index (χ1v) is 4.80. The van der Waals surface area contributed by atoms with E-state index >= 15 is 0 Å². The second kappa shape index (κ2) is 5.47. The molecule has 3 heteroatoms. The van der Waals surface area contributed by atoms with Crippen LogP contribution in [0.15, 0.2) is 24.0 Å². The van der Waals surface area contributed by atoms with Gasteiger partial charge in [0.1, 0.15) is 12.7 Å². The predicted molar refractivity (Wildman–Crippen MR) is 53.6 cm³/mol. The van der Waals surface area contributed by atoms with E-state index in [4.69, 9.17) is 9.47 Å². The molecule has 1 unspecified atom stereocenters. The van der Waals surface area contributed by atoms with E-state index in [1.165, 1.54) is 6.08 Å². The Hall–Kier alpha value is -1.25. The average Bonchev–Trinajstić information content (AvgIpc) is 2.15. The fourth-order valence-corrected chi connectivity index (χ4v) is 1.16. The fraction of sp³-hybridized carbons (Fsp3) is 0.545. The van der Waals surface area contributed by atoms with Crippen LogP contribution in [0.3, 0.4) is 0 Å². The van der Waals surface area contributed by atoms with Crippen LogP contribution in [0.5, 0.6) is 0 Å². The average molecular weight is 196 g/mol. The van der Waals surface area contributed by atoms with Crippen LogP contribution < -0.4 is 0 Å². The Morgan fingerprint density at radius 1 is 1.64 bits per heavy atom. The van der Waals surface area contributed by atoms with Crippen LogP contribution in [0.2, 0.25) is 0 Å². The third kappa shape index (κ3) is 4.12. The molecular weight excluding hydrogens is 180 g/mol. The third-order valence-corrected chi connectivity index (χ3v) is 1.84. The number of rotatable bonds is 3. The van der Waals surface area contributed by atoms with Gasteiger partial charge in [-0.1, -0.05) is 5.57 Å².